The number of nitrogens with two attached hydrogens (primary N) is 1. The molecule has 1 amide bonds. The summed E-state index contributed by atoms with van der Waals surface area (Å²) in [5.41, 5.74) is 4.73. The molecule has 164 valence electrons. The average Bonchev–Trinajstić information content (AvgIpc) is 3.00. The smallest absolute Gasteiger partial charge is 0.389 e. The molecule has 4 atom stereocenters. The van der Waals surface area contributed by atoms with Crippen LogP contribution in [0.15, 0.2) is 12.4 Å². The lowest BCUT2D eigenvalue weighted by Crippen LogP contribution is -2.55. The van der Waals surface area contributed by atoms with E-state index < -0.39 is 23.9 Å². The van der Waals surface area contributed by atoms with E-state index in [1.807, 2.05) is 0 Å². The van der Waals surface area contributed by atoms with E-state index in [2.05, 4.69) is 9.97 Å². The first kappa shape index (κ1) is 23.6. The third-order valence-electron chi connectivity index (χ3n) is 4.95. The number of halogens is 4. The Bertz CT molecular complexity index is 692. The summed E-state index contributed by atoms with van der Waals surface area (Å²) < 4.78 is 43.4. The van der Waals surface area contributed by atoms with Crippen LogP contribution in [0.3, 0.4) is 0 Å². The first-order chi connectivity index (χ1) is 13.2. The molecule has 0 unspecified atom stereocenters. The number of ether oxygens (including phenoxy) is 1. The molecule has 0 aromatic carbocycles. The van der Waals surface area contributed by atoms with E-state index in [0.717, 1.165) is 12.4 Å². The van der Waals surface area contributed by atoms with Gasteiger partial charge in [-0.3, -0.25) is 4.79 Å². The van der Waals surface area contributed by atoms with Crippen molar-refractivity contribution < 1.29 is 27.8 Å². The predicted molar refractivity (Wildman–Crippen MR) is 101 cm³/mol. The normalized spacial score (nSPS) is 26.4. The third kappa shape index (κ3) is 5.47. The zero-order valence-electron chi connectivity index (χ0n) is 15.9. The van der Waals surface area contributed by atoms with Crippen molar-refractivity contribution in [3.63, 3.8) is 0 Å². The van der Waals surface area contributed by atoms with Crippen molar-refractivity contribution >= 4 is 24.3 Å². The second-order valence-electron chi connectivity index (χ2n) is 7.26. The molecule has 3 heterocycles. The van der Waals surface area contributed by atoms with E-state index in [1.165, 1.54) is 0 Å². The molecule has 8 nitrogen and oxygen atoms in total. The molecule has 29 heavy (non-hydrogen) atoms. The number of rotatable bonds is 5. The Morgan fingerprint density at radius 1 is 1.31 bits per heavy atom. The van der Waals surface area contributed by atoms with Gasteiger partial charge in [-0.2, -0.15) is 13.2 Å². The zero-order chi connectivity index (χ0) is 20.5. The number of carbonyl (C=O) groups is 1. The van der Waals surface area contributed by atoms with E-state index in [9.17, 15) is 23.1 Å². The third-order valence-corrected chi connectivity index (χ3v) is 4.95. The SMILES string of the molecule is C[C@H](N)CO[C@@H]1CCN([C@H]2CCN(c3ncc(C(F)(F)F)cn3)C[C@H]2O)C1=O.Cl. The van der Waals surface area contributed by atoms with Crippen molar-refractivity contribution in [2.45, 2.75) is 50.2 Å². The number of carbonyl (C=O) groups excluding carboxylic acids is 1. The van der Waals surface area contributed by atoms with Gasteiger partial charge in [-0.1, -0.05) is 0 Å². The second-order valence-corrected chi connectivity index (χ2v) is 7.26. The molecular weight excluding hydrogens is 415 g/mol. The monoisotopic (exact) mass is 439 g/mol. The quantitative estimate of drug-likeness (QED) is 0.699. The fourth-order valence-electron chi connectivity index (χ4n) is 3.52. The molecule has 0 radical (unpaired) electrons. The summed E-state index contributed by atoms with van der Waals surface area (Å²) >= 11 is 0. The van der Waals surface area contributed by atoms with Crippen molar-refractivity contribution in [2.24, 2.45) is 5.73 Å². The number of β-amino-alcohol motifs (C(OH)–C–C–N with tert-alkyl or cyclic N) is 1. The minimum absolute atomic E-state index is 0. The Hall–Kier alpha value is -1.69. The summed E-state index contributed by atoms with van der Waals surface area (Å²) in [5, 5.41) is 10.5. The number of aliphatic hydroxyl groups is 1. The van der Waals surface area contributed by atoms with Crippen LogP contribution in [0.1, 0.15) is 25.3 Å². The first-order valence-electron chi connectivity index (χ1n) is 9.16. The number of likely N-dealkylation sites (tertiary alicyclic amines) is 1. The van der Waals surface area contributed by atoms with Gasteiger partial charge in [0, 0.05) is 44.5 Å². The molecule has 0 aliphatic carbocycles. The van der Waals surface area contributed by atoms with E-state index >= 15 is 0 Å². The van der Waals surface area contributed by atoms with E-state index in [1.54, 1.807) is 16.7 Å². The molecule has 1 aromatic rings. The van der Waals surface area contributed by atoms with Crippen LogP contribution in [0.5, 0.6) is 0 Å². The number of aromatic nitrogens is 2. The lowest BCUT2D eigenvalue weighted by molar-refractivity contribution is -0.141. The van der Waals surface area contributed by atoms with Gasteiger partial charge in [0.05, 0.1) is 24.3 Å². The number of hydrogen-bond donors (Lipinski definition) is 2. The van der Waals surface area contributed by atoms with Crippen LogP contribution in [-0.2, 0) is 15.7 Å². The number of aliphatic hydroxyl groups excluding tert-OH is 1. The topological polar surface area (TPSA) is 105 Å². The van der Waals surface area contributed by atoms with Crippen molar-refractivity contribution in [3.8, 4) is 0 Å². The molecule has 3 N–H and O–H groups in total. The summed E-state index contributed by atoms with van der Waals surface area (Å²) in [7, 11) is 0. The van der Waals surface area contributed by atoms with Crippen molar-refractivity contribution in [1.29, 1.82) is 0 Å². The predicted octanol–water partition coefficient (Wildman–Crippen LogP) is 0.821. The Kier molecular flexibility index (Phi) is 7.66. The number of piperidine rings is 1. The van der Waals surface area contributed by atoms with Gasteiger partial charge in [0.1, 0.15) is 6.10 Å². The maximum Gasteiger partial charge on any atom is 0.419 e. The van der Waals surface area contributed by atoms with Gasteiger partial charge < -0.3 is 25.4 Å². The standard InChI is InChI=1S/C17H24F3N5O3.ClH/c1-10(21)9-28-14-3-5-25(15(14)27)12-2-4-24(8-13(12)26)16-22-6-11(7-23-16)17(18,19)20;/h6-7,10,12-14,26H,2-5,8-9,21H2,1H3;1H/t10-,12-,13+,14+;/m0./s1. The van der Waals surface area contributed by atoms with E-state index in [4.69, 9.17) is 10.5 Å². The molecule has 2 saturated heterocycles. The number of amides is 1. The minimum atomic E-state index is -4.50. The zero-order valence-corrected chi connectivity index (χ0v) is 16.7. The molecule has 1 aromatic heterocycles. The minimum Gasteiger partial charge on any atom is -0.389 e. The van der Waals surface area contributed by atoms with Crippen molar-refractivity contribution in [1.82, 2.24) is 14.9 Å². The van der Waals surface area contributed by atoms with Gasteiger partial charge in [0.25, 0.3) is 5.91 Å². The molecular formula is C17H25ClF3N5O3. The highest BCUT2D eigenvalue weighted by Gasteiger charge is 2.41. The van der Waals surface area contributed by atoms with Crippen LogP contribution in [0.25, 0.3) is 0 Å². The fraction of sp³-hybridized carbons (Fsp3) is 0.706. The van der Waals surface area contributed by atoms with Crippen LogP contribution in [0.2, 0.25) is 0 Å². The molecule has 2 fully saturated rings. The maximum atomic E-state index is 12.6. The highest BCUT2D eigenvalue weighted by atomic mass is 35.5. The van der Waals surface area contributed by atoms with Crippen LogP contribution >= 0.6 is 12.4 Å². The molecule has 12 heteroatoms. The van der Waals surface area contributed by atoms with Crippen LogP contribution in [0.4, 0.5) is 19.1 Å². The van der Waals surface area contributed by atoms with Crippen LogP contribution < -0.4 is 10.6 Å². The molecule has 0 spiro atoms. The van der Waals surface area contributed by atoms with Gasteiger partial charge in [-0.05, 0) is 13.3 Å². The average molecular weight is 440 g/mol. The Balaban J connectivity index is 0.00000300. The molecule has 2 aliphatic heterocycles. The van der Waals surface area contributed by atoms with Gasteiger partial charge >= 0.3 is 6.18 Å². The van der Waals surface area contributed by atoms with Gasteiger partial charge in [-0.15, -0.1) is 12.4 Å². The highest BCUT2D eigenvalue weighted by molar-refractivity contribution is 5.85. The van der Waals surface area contributed by atoms with Crippen molar-refractivity contribution in [2.75, 3.05) is 31.1 Å². The van der Waals surface area contributed by atoms with Crippen molar-refractivity contribution in [3.05, 3.63) is 18.0 Å². The van der Waals surface area contributed by atoms with E-state index in [0.29, 0.717) is 25.9 Å². The Morgan fingerprint density at radius 3 is 2.52 bits per heavy atom. The number of hydrogen-bond acceptors (Lipinski definition) is 7. The summed E-state index contributed by atoms with van der Waals surface area (Å²) in [6.45, 7) is 3.12. The highest BCUT2D eigenvalue weighted by Crippen LogP contribution is 2.29. The number of nitrogens with zero attached hydrogens (tertiary/aromatic N) is 4. The summed E-state index contributed by atoms with van der Waals surface area (Å²) in [4.78, 5) is 23.3. The van der Waals surface area contributed by atoms with E-state index in [-0.39, 0.29) is 49.5 Å². The van der Waals surface area contributed by atoms with Gasteiger partial charge in [0.15, 0.2) is 0 Å². The Morgan fingerprint density at radius 2 is 1.97 bits per heavy atom. The van der Waals surface area contributed by atoms with Gasteiger partial charge in [0.2, 0.25) is 5.95 Å². The molecule has 0 saturated carbocycles. The fourth-order valence-corrected chi connectivity index (χ4v) is 3.52. The molecule has 2 aliphatic rings. The molecule has 3 rings (SSSR count). The maximum absolute atomic E-state index is 12.6. The Labute approximate surface area is 172 Å². The summed E-state index contributed by atoms with van der Waals surface area (Å²) in [5.74, 6) is -0.0414. The largest absolute Gasteiger partial charge is 0.419 e. The number of alkyl halides is 3. The lowest BCUT2D eigenvalue weighted by Gasteiger charge is -2.40. The number of anilines is 1. The first-order valence-corrected chi connectivity index (χ1v) is 9.16. The lowest BCUT2D eigenvalue weighted by atomic mass is 10.0. The summed E-state index contributed by atoms with van der Waals surface area (Å²) in [6.07, 6.45) is -3.46. The van der Waals surface area contributed by atoms with Crippen LogP contribution in [-0.4, -0.2) is 76.4 Å². The van der Waals surface area contributed by atoms with Gasteiger partial charge in [-0.25, -0.2) is 9.97 Å². The second kappa shape index (κ2) is 9.41. The summed E-state index contributed by atoms with van der Waals surface area (Å²) in [6, 6.07) is -0.540. The molecule has 0 bridgehead atoms. The van der Waals surface area contributed by atoms with Crippen LogP contribution in [0, 0.1) is 0 Å².